The second-order valence-corrected chi connectivity index (χ2v) is 5.99. The van der Waals surface area contributed by atoms with Gasteiger partial charge in [-0.1, -0.05) is 18.2 Å². The first-order chi connectivity index (χ1) is 9.35. The van der Waals surface area contributed by atoms with Crippen molar-refractivity contribution in [3.63, 3.8) is 0 Å². The predicted octanol–water partition coefficient (Wildman–Crippen LogP) is 2.87. The van der Waals surface area contributed by atoms with Crippen LogP contribution < -0.4 is 10.6 Å². The monoisotopic (exact) mass is 271 g/mol. The zero-order valence-corrected chi connectivity index (χ0v) is 12.4. The van der Waals surface area contributed by atoms with Crippen LogP contribution in [0.4, 0.5) is 5.82 Å². The first-order valence-electron chi connectivity index (χ1n) is 6.76. The van der Waals surface area contributed by atoms with E-state index in [4.69, 9.17) is 0 Å². The molecule has 4 heteroatoms. The van der Waals surface area contributed by atoms with Crippen molar-refractivity contribution in [3.8, 4) is 0 Å². The van der Waals surface area contributed by atoms with Crippen LogP contribution in [0.5, 0.6) is 0 Å². The number of nitrogens with zero attached hydrogens (tertiary/aromatic N) is 1. The molecule has 0 radical (unpaired) electrons. The maximum absolute atomic E-state index is 11.8. The van der Waals surface area contributed by atoms with Gasteiger partial charge in [-0.2, -0.15) is 0 Å². The zero-order valence-electron chi connectivity index (χ0n) is 12.4. The van der Waals surface area contributed by atoms with Crippen molar-refractivity contribution in [2.24, 2.45) is 0 Å². The summed E-state index contributed by atoms with van der Waals surface area (Å²) in [5, 5.41) is 7.13. The predicted molar refractivity (Wildman–Crippen MR) is 82.9 cm³/mol. The Hall–Kier alpha value is -2.10. The minimum absolute atomic E-state index is 0.0369. The van der Waals surface area contributed by atoms with Gasteiger partial charge in [0.05, 0.1) is 12.1 Å². The van der Waals surface area contributed by atoms with Gasteiger partial charge in [-0.05, 0) is 45.4 Å². The van der Waals surface area contributed by atoms with Crippen LogP contribution >= 0.6 is 0 Å². The Labute approximate surface area is 119 Å². The SMILES string of the molecule is Cc1cc(NCC(=O)NC(C)(C)C)nc2ccccc12. The molecule has 0 aliphatic rings. The molecular weight excluding hydrogens is 250 g/mol. The third kappa shape index (κ3) is 3.70. The van der Waals surface area contributed by atoms with Crippen LogP contribution in [-0.2, 0) is 4.79 Å². The maximum atomic E-state index is 11.8. The number of aryl methyl sites for hydroxylation is 1. The number of hydrogen-bond donors (Lipinski definition) is 2. The number of pyridine rings is 1. The van der Waals surface area contributed by atoms with E-state index >= 15 is 0 Å². The van der Waals surface area contributed by atoms with Crippen LogP contribution in [0.2, 0.25) is 0 Å². The number of hydrogen-bond acceptors (Lipinski definition) is 3. The fourth-order valence-electron chi connectivity index (χ4n) is 2.07. The first kappa shape index (κ1) is 14.3. The average Bonchev–Trinajstić information content (AvgIpc) is 2.34. The fraction of sp³-hybridized carbons (Fsp3) is 0.375. The van der Waals surface area contributed by atoms with Gasteiger partial charge in [0.25, 0.3) is 0 Å². The van der Waals surface area contributed by atoms with E-state index in [1.165, 1.54) is 0 Å². The summed E-state index contributed by atoms with van der Waals surface area (Å²) in [6.45, 7) is 8.16. The zero-order chi connectivity index (χ0) is 14.8. The summed E-state index contributed by atoms with van der Waals surface area (Å²) in [6, 6.07) is 9.95. The van der Waals surface area contributed by atoms with Gasteiger partial charge >= 0.3 is 0 Å². The van der Waals surface area contributed by atoms with Crippen molar-refractivity contribution in [3.05, 3.63) is 35.9 Å². The van der Waals surface area contributed by atoms with Gasteiger partial charge in [0.2, 0.25) is 5.91 Å². The van der Waals surface area contributed by atoms with Gasteiger partial charge in [0.15, 0.2) is 0 Å². The molecule has 106 valence electrons. The molecule has 0 aliphatic carbocycles. The van der Waals surface area contributed by atoms with Gasteiger partial charge < -0.3 is 10.6 Å². The van der Waals surface area contributed by atoms with Crippen LogP contribution in [0.3, 0.4) is 0 Å². The molecule has 1 aromatic carbocycles. The number of aromatic nitrogens is 1. The van der Waals surface area contributed by atoms with Gasteiger partial charge in [0.1, 0.15) is 5.82 Å². The topological polar surface area (TPSA) is 54.0 Å². The molecule has 0 fully saturated rings. The number of amides is 1. The molecule has 2 N–H and O–H groups in total. The number of para-hydroxylation sites is 1. The van der Waals surface area contributed by atoms with Gasteiger partial charge in [0, 0.05) is 10.9 Å². The molecule has 2 rings (SSSR count). The second-order valence-electron chi connectivity index (χ2n) is 5.99. The van der Waals surface area contributed by atoms with Crippen LogP contribution in [0, 0.1) is 6.92 Å². The van der Waals surface area contributed by atoms with E-state index in [0.717, 1.165) is 22.3 Å². The molecule has 0 spiro atoms. The maximum Gasteiger partial charge on any atom is 0.239 e. The average molecular weight is 271 g/mol. The lowest BCUT2D eigenvalue weighted by molar-refractivity contribution is -0.120. The van der Waals surface area contributed by atoms with Crippen molar-refractivity contribution < 1.29 is 4.79 Å². The summed E-state index contributed by atoms with van der Waals surface area (Å²) in [4.78, 5) is 16.3. The van der Waals surface area contributed by atoms with Crippen molar-refractivity contribution >= 4 is 22.6 Å². The van der Waals surface area contributed by atoms with Crippen LogP contribution in [-0.4, -0.2) is 23.0 Å². The van der Waals surface area contributed by atoms with E-state index < -0.39 is 0 Å². The van der Waals surface area contributed by atoms with Crippen molar-refractivity contribution in [2.75, 3.05) is 11.9 Å². The molecule has 0 saturated carbocycles. The number of nitrogens with one attached hydrogen (secondary N) is 2. The highest BCUT2D eigenvalue weighted by molar-refractivity contribution is 5.85. The highest BCUT2D eigenvalue weighted by Crippen LogP contribution is 2.19. The summed E-state index contributed by atoms with van der Waals surface area (Å²) in [5.41, 5.74) is 1.87. The van der Waals surface area contributed by atoms with Gasteiger partial charge in [-0.25, -0.2) is 4.98 Å². The van der Waals surface area contributed by atoms with Crippen LogP contribution in [0.25, 0.3) is 10.9 Å². The number of carbonyl (C=O) groups excluding carboxylic acids is 1. The summed E-state index contributed by atoms with van der Waals surface area (Å²) < 4.78 is 0. The molecule has 0 aliphatic heterocycles. The molecule has 4 nitrogen and oxygen atoms in total. The molecule has 0 unspecified atom stereocenters. The van der Waals surface area contributed by atoms with E-state index in [1.807, 2.05) is 58.0 Å². The summed E-state index contributed by atoms with van der Waals surface area (Å²) in [6.07, 6.45) is 0. The number of fused-ring (bicyclic) bond motifs is 1. The third-order valence-electron chi connectivity index (χ3n) is 2.87. The van der Waals surface area contributed by atoms with E-state index in [0.29, 0.717) is 0 Å². The van der Waals surface area contributed by atoms with Crippen molar-refractivity contribution in [1.82, 2.24) is 10.3 Å². The van der Waals surface area contributed by atoms with E-state index in [1.54, 1.807) is 0 Å². The Morgan fingerprint density at radius 3 is 2.65 bits per heavy atom. The van der Waals surface area contributed by atoms with Gasteiger partial charge in [-0.15, -0.1) is 0 Å². The van der Waals surface area contributed by atoms with Crippen molar-refractivity contribution in [2.45, 2.75) is 33.2 Å². The molecule has 0 saturated heterocycles. The van der Waals surface area contributed by atoms with E-state index in [9.17, 15) is 4.79 Å². The standard InChI is InChI=1S/C16H21N3O/c1-11-9-14(17-10-15(20)19-16(2,3)4)18-13-8-6-5-7-12(11)13/h5-9H,10H2,1-4H3,(H,17,18)(H,19,20). The highest BCUT2D eigenvalue weighted by atomic mass is 16.2. The molecule has 0 atom stereocenters. The number of rotatable bonds is 3. The first-order valence-corrected chi connectivity index (χ1v) is 6.76. The van der Waals surface area contributed by atoms with E-state index in [-0.39, 0.29) is 18.0 Å². The smallest absolute Gasteiger partial charge is 0.239 e. The molecule has 1 aromatic heterocycles. The van der Waals surface area contributed by atoms with Crippen molar-refractivity contribution in [1.29, 1.82) is 0 Å². The second kappa shape index (κ2) is 5.49. The van der Waals surface area contributed by atoms with Crippen LogP contribution in [0.15, 0.2) is 30.3 Å². The Morgan fingerprint density at radius 1 is 1.25 bits per heavy atom. The van der Waals surface area contributed by atoms with E-state index in [2.05, 4.69) is 15.6 Å². The highest BCUT2D eigenvalue weighted by Gasteiger charge is 2.13. The molecule has 1 amide bonds. The molecule has 20 heavy (non-hydrogen) atoms. The van der Waals surface area contributed by atoms with Crippen LogP contribution in [0.1, 0.15) is 26.3 Å². The Balaban J connectivity index is 2.09. The Bertz CT molecular complexity index is 629. The number of anilines is 1. The normalized spacial score (nSPS) is 11.4. The lowest BCUT2D eigenvalue weighted by atomic mass is 10.1. The number of carbonyl (C=O) groups is 1. The molecule has 1 heterocycles. The molecular formula is C16H21N3O. The quantitative estimate of drug-likeness (QED) is 0.902. The molecule has 0 bridgehead atoms. The lowest BCUT2D eigenvalue weighted by Gasteiger charge is -2.20. The Morgan fingerprint density at radius 2 is 1.95 bits per heavy atom. The largest absolute Gasteiger partial charge is 0.361 e. The Kier molecular flexibility index (Phi) is 3.93. The minimum Gasteiger partial charge on any atom is -0.361 e. The minimum atomic E-state index is -0.217. The van der Waals surface area contributed by atoms with Gasteiger partial charge in [-0.3, -0.25) is 4.79 Å². The molecule has 2 aromatic rings. The third-order valence-corrected chi connectivity index (χ3v) is 2.87. The summed E-state index contributed by atoms with van der Waals surface area (Å²) >= 11 is 0. The fourth-order valence-corrected chi connectivity index (χ4v) is 2.07. The summed E-state index contributed by atoms with van der Waals surface area (Å²) in [7, 11) is 0. The lowest BCUT2D eigenvalue weighted by Crippen LogP contribution is -2.43. The number of benzene rings is 1. The summed E-state index contributed by atoms with van der Waals surface area (Å²) in [5.74, 6) is 0.690.